The standard InChI is InChI=1S/C26H30N2O5S/c1-5-33-17-25(2,3)18-11-12-22(32-4)20(16-18)26(13-14-26)24(29)28-34(30,31)23-10-6-9-21-19(23)8-7-15-27-21/h6-12,15-16H,5,13-14,17H2,1-4H3,(H,28,29). The number of carbonyl (C=O) groups is 1. The fourth-order valence-corrected chi connectivity index (χ4v) is 5.54. The van der Waals surface area contributed by atoms with Gasteiger partial charge in [-0.1, -0.05) is 32.0 Å². The van der Waals surface area contributed by atoms with Crippen LogP contribution in [0.15, 0.2) is 59.6 Å². The molecule has 1 saturated carbocycles. The zero-order valence-electron chi connectivity index (χ0n) is 19.9. The van der Waals surface area contributed by atoms with E-state index >= 15 is 0 Å². The summed E-state index contributed by atoms with van der Waals surface area (Å²) in [6, 6.07) is 14.0. The lowest BCUT2D eigenvalue weighted by Gasteiger charge is -2.27. The Morgan fingerprint density at radius 3 is 2.59 bits per heavy atom. The van der Waals surface area contributed by atoms with Gasteiger partial charge in [0.1, 0.15) is 5.75 Å². The summed E-state index contributed by atoms with van der Waals surface area (Å²) in [4.78, 5) is 17.7. The van der Waals surface area contributed by atoms with Crippen LogP contribution in [0.3, 0.4) is 0 Å². The monoisotopic (exact) mass is 482 g/mol. The summed E-state index contributed by atoms with van der Waals surface area (Å²) in [5.74, 6) is 0.0156. The molecular formula is C26H30N2O5S. The first kappa shape index (κ1) is 24.2. The van der Waals surface area contributed by atoms with Crippen LogP contribution in [-0.2, 0) is 30.4 Å². The fraction of sp³-hybridized carbons (Fsp3) is 0.385. The van der Waals surface area contributed by atoms with Gasteiger partial charge in [-0.2, -0.15) is 0 Å². The normalized spacial score (nSPS) is 15.2. The second-order valence-corrected chi connectivity index (χ2v) is 10.9. The lowest BCUT2D eigenvalue weighted by Crippen LogP contribution is -2.39. The molecule has 1 N–H and O–H groups in total. The quantitative estimate of drug-likeness (QED) is 0.494. The third kappa shape index (κ3) is 4.40. The Bertz CT molecular complexity index is 1320. The lowest BCUT2D eigenvalue weighted by atomic mass is 9.82. The average Bonchev–Trinajstić information content (AvgIpc) is 3.64. The van der Waals surface area contributed by atoms with Crippen molar-refractivity contribution in [3.05, 3.63) is 65.9 Å². The molecule has 34 heavy (non-hydrogen) atoms. The van der Waals surface area contributed by atoms with Crippen molar-refractivity contribution < 1.29 is 22.7 Å². The molecule has 7 nitrogen and oxygen atoms in total. The van der Waals surface area contributed by atoms with Crippen molar-refractivity contribution in [2.24, 2.45) is 0 Å². The van der Waals surface area contributed by atoms with E-state index in [1.165, 1.54) is 6.07 Å². The van der Waals surface area contributed by atoms with Gasteiger partial charge in [-0.15, -0.1) is 0 Å². The number of fused-ring (bicyclic) bond motifs is 1. The Balaban J connectivity index is 1.69. The van der Waals surface area contributed by atoms with Gasteiger partial charge >= 0.3 is 0 Å². The number of nitrogens with zero attached hydrogens (tertiary/aromatic N) is 1. The highest BCUT2D eigenvalue weighted by Gasteiger charge is 2.54. The summed E-state index contributed by atoms with van der Waals surface area (Å²) in [7, 11) is -2.55. The molecule has 1 aromatic heterocycles. The van der Waals surface area contributed by atoms with Gasteiger partial charge in [0.2, 0.25) is 5.91 Å². The summed E-state index contributed by atoms with van der Waals surface area (Å²) >= 11 is 0. The highest BCUT2D eigenvalue weighted by Crippen LogP contribution is 2.52. The van der Waals surface area contributed by atoms with Gasteiger partial charge in [0.15, 0.2) is 0 Å². The van der Waals surface area contributed by atoms with E-state index < -0.39 is 21.3 Å². The van der Waals surface area contributed by atoms with E-state index in [9.17, 15) is 13.2 Å². The Kier molecular flexibility index (Phi) is 6.40. The van der Waals surface area contributed by atoms with Crippen LogP contribution in [0.25, 0.3) is 10.9 Å². The van der Waals surface area contributed by atoms with Crippen LogP contribution in [0.2, 0.25) is 0 Å². The molecule has 0 spiro atoms. The molecule has 0 atom stereocenters. The Hall–Kier alpha value is -2.97. The van der Waals surface area contributed by atoms with Crippen molar-refractivity contribution in [3.63, 3.8) is 0 Å². The van der Waals surface area contributed by atoms with Crippen LogP contribution in [0.5, 0.6) is 5.75 Å². The largest absolute Gasteiger partial charge is 0.496 e. The zero-order valence-corrected chi connectivity index (χ0v) is 20.7. The molecule has 1 amide bonds. The number of ether oxygens (including phenoxy) is 2. The number of amides is 1. The molecule has 0 unspecified atom stereocenters. The molecule has 180 valence electrons. The van der Waals surface area contributed by atoms with Gasteiger partial charge < -0.3 is 9.47 Å². The molecule has 0 bridgehead atoms. The summed E-state index contributed by atoms with van der Waals surface area (Å²) in [6.45, 7) is 7.24. The van der Waals surface area contributed by atoms with Crippen LogP contribution in [-0.4, -0.2) is 39.6 Å². The Morgan fingerprint density at radius 2 is 1.91 bits per heavy atom. The van der Waals surface area contributed by atoms with Crippen molar-refractivity contribution in [2.45, 2.75) is 49.3 Å². The number of carbonyl (C=O) groups excluding carboxylic acids is 1. The third-order valence-electron chi connectivity index (χ3n) is 6.47. The van der Waals surface area contributed by atoms with Crippen LogP contribution in [0.1, 0.15) is 44.7 Å². The number of methoxy groups -OCH3 is 1. The summed E-state index contributed by atoms with van der Waals surface area (Å²) in [6.07, 6.45) is 2.68. The van der Waals surface area contributed by atoms with E-state index in [1.807, 2.05) is 25.1 Å². The molecule has 0 saturated heterocycles. The summed E-state index contributed by atoms with van der Waals surface area (Å²) < 4.78 is 40.1. The van der Waals surface area contributed by atoms with Crippen molar-refractivity contribution in [1.29, 1.82) is 0 Å². The smallest absolute Gasteiger partial charge is 0.264 e. The molecule has 1 aliphatic rings. The molecule has 8 heteroatoms. The number of aromatic nitrogens is 1. The van der Waals surface area contributed by atoms with Crippen molar-refractivity contribution in [2.75, 3.05) is 20.3 Å². The van der Waals surface area contributed by atoms with Crippen molar-refractivity contribution >= 4 is 26.8 Å². The number of rotatable bonds is 9. The predicted molar refractivity (Wildman–Crippen MR) is 130 cm³/mol. The number of sulfonamides is 1. The number of benzene rings is 2. The maximum Gasteiger partial charge on any atom is 0.264 e. The first-order valence-electron chi connectivity index (χ1n) is 11.3. The van der Waals surface area contributed by atoms with Crippen LogP contribution in [0.4, 0.5) is 0 Å². The van der Waals surface area contributed by atoms with Crippen LogP contribution in [0, 0.1) is 0 Å². The molecule has 4 rings (SSSR count). The van der Waals surface area contributed by atoms with Gasteiger partial charge in [0.25, 0.3) is 10.0 Å². The number of hydrogen-bond acceptors (Lipinski definition) is 6. The molecule has 1 heterocycles. The van der Waals surface area contributed by atoms with E-state index in [2.05, 4.69) is 23.6 Å². The van der Waals surface area contributed by atoms with Crippen molar-refractivity contribution in [1.82, 2.24) is 9.71 Å². The number of nitrogens with one attached hydrogen (secondary N) is 1. The predicted octanol–water partition coefficient (Wildman–Crippen LogP) is 4.09. The molecule has 0 aliphatic heterocycles. The number of hydrogen-bond donors (Lipinski definition) is 1. The highest BCUT2D eigenvalue weighted by molar-refractivity contribution is 7.90. The molecule has 1 fully saturated rings. The van der Waals surface area contributed by atoms with E-state index in [1.54, 1.807) is 37.6 Å². The van der Waals surface area contributed by atoms with E-state index in [-0.39, 0.29) is 10.3 Å². The minimum atomic E-state index is -4.11. The van der Waals surface area contributed by atoms with Gasteiger partial charge in [0, 0.05) is 29.2 Å². The third-order valence-corrected chi connectivity index (χ3v) is 7.86. The van der Waals surface area contributed by atoms with Gasteiger partial charge in [0.05, 0.1) is 29.5 Å². The minimum Gasteiger partial charge on any atom is -0.496 e. The molecule has 2 aromatic carbocycles. The number of pyridine rings is 1. The molecule has 3 aromatic rings. The van der Waals surface area contributed by atoms with Gasteiger partial charge in [-0.25, -0.2) is 13.1 Å². The maximum atomic E-state index is 13.5. The van der Waals surface area contributed by atoms with Gasteiger partial charge in [-0.3, -0.25) is 9.78 Å². The molecular weight excluding hydrogens is 452 g/mol. The first-order chi connectivity index (χ1) is 16.1. The van der Waals surface area contributed by atoms with E-state index in [0.29, 0.717) is 48.3 Å². The highest BCUT2D eigenvalue weighted by atomic mass is 32.2. The second kappa shape index (κ2) is 9.00. The average molecular weight is 483 g/mol. The topological polar surface area (TPSA) is 94.6 Å². The van der Waals surface area contributed by atoms with Crippen molar-refractivity contribution in [3.8, 4) is 5.75 Å². The maximum absolute atomic E-state index is 13.5. The Labute approximate surface area is 200 Å². The van der Waals surface area contributed by atoms with Crippen LogP contribution >= 0.6 is 0 Å². The SMILES string of the molecule is CCOCC(C)(C)c1ccc(OC)c(C2(C(=O)NS(=O)(=O)c3cccc4ncccc34)CC2)c1. The van der Waals surface area contributed by atoms with Gasteiger partial charge in [-0.05, 0) is 55.7 Å². The first-order valence-corrected chi connectivity index (χ1v) is 12.8. The minimum absolute atomic E-state index is 0.0285. The fourth-order valence-electron chi connectivity index (χ4n) is 4.27. The summed E-state index contributed by atoms with van der Waals surface area (Å²) in [5.41, 5.74) is 0.998. The lowest BCUT2D eigenvalue weighted by molar-refractivity contribution is -0.121. The Morgan fingerprint density at radius 1 is 1.15 bits per heavy atom. The van der Waals surface area contributed by atoms with E-state index in [0.717, 1.165) is 5.56 Å². The molecule has 0 radical (unpaired) electrons. The van der Waals surface area contributed by atoms with Crippen LogP contribution < -0.4 is 9.46 Å². The zero-order chi connectivity index (χ0) is 24.6. The summed E-state index contributed by atoms with van der Waals surface area (Å²) in [5, 5.41) is 0.465. The van der Waals surface area contributed by atoms with E-state index in [4.69, 9.17) is 9.47 Å². The molecule has 1 aliphatic carbocycles. The second-order valence-electron chi connectivity index (χ2n) is 9.28.